The van der Waals surface area contributed by atoms with E-state index in [1.54, 1.807) is 30.3 Å². The Labute approximate surface area is 140 Å². The van der Waals surface area contributed by atoms with Crippen LogP contribution in [0.4, 0.5) is 0 Å². The molecule has 2 fully saturated rings. The molecule has 7 heteroatoms. The Hall–Kier alpha value is -1.82. The molecule has 2 amide bonds. The minimum atomic E-state index is -0.199. The van der Waals surface area contributed by atoms with E-state index in [9.17, 15) is 9.59 Å². The SMILES string of the molecule is CN1CC(C(=O)N2CCC(Oc3ncccc3Cl)CC2)CC1=O. The smallest absolute Gasteiger partial charge is 0.232 e. The van der Waals surface area contributed by atoms with E-state index < -0.39 is 0 Å². The molecule has 0 N–H and O–H groups in total. The van der Waals surface area contributed by atoms with Crippen LogP contribution in [0.25, 0.3) is 0 Å². The number of carbonyl (C=O) groups excluding carboxylic acids is 2. The summed E-state index contributed by atoms with van der Waals surface area (Å²) in [5, 5.41) is 0.499. The number of rotatable bonds is 3. The van der Waals surface area contributed by atoms with Gasteiger partial charge in [-0.3, -0.25) is 9.59 Å². The number of piperidine rings is 1. The highest BCUT2D eigenvalue weighted by atomic mass is 35.5. The van der Waals surface area contributed by atoms with Crippen molar-refractivity contribution in [3.8, 4) is 5.88 Å². The van der Waals surface area contributed by atoms with E-state index in [1.165, 1.54) is 0 Å². The Bertz CT molecular complexity index is 602. The van der Waals surface area contributed by atoms with E-state index in [-0.39, 0.29) is 23.8 Å². The van der Waals surface area contributed by atoms with Crippen LogP contribution < -0.4 is 4.74 Å². The first kappa shape index (κ1) is 16.1. The van der Waals surface area contributed by atoms with Gasteiger partial charge in [0.05, 0.1) is 5.92 Å². The van der Waals surface area contributed by atoms with Gasteiger partial charge in [-0.25, -0.2) is 4.98 Å². The van der Waals surface area contributed by atoms with Crippen molar-refractivity contribution in [2.45, 2.75) is 25.4 Å². The maximum absolute atomic E-state index is 12.5. The number of aromatic nitrogens is 1. The lowest BCUT2D eigenvalue weighted by atomic mass is 10.0. The summed E-state index contributed by atoms with van der Waals surface area (Å²) in [6, 6.07) is 3.51. The average molecular weight is 338 g/mol. The predicted molar refractivity (Wildman–Crippen MR) is 85.2 cm³/mol. The Morgan fingerprint density at radius 1 is 1.39 bits per heavy atom. The normalized spacial score (nSPS) is 22.5. The molecule has 3 heterocycles. The molecule has 2 saturated heterocycles. The number of ether oxygens (including phenoxy) is 1. The van der Waals surface area contributed by atoms with Gasteiger partial charge in [0, 0.05) is 52.1 Å². The fraction of sp³-hybridized carbons (Fsp3) is 0.562. The zero-order chi connectivity index (χ0) is 16.4. The highest BCUT2D eigenvalue weighted by Gasteiger charge is 2.36. The summed E-state index contributed by atoms with van der Waals surface area (Å²) in [6.45, 7) is 1.81. The first-order valence-corrected chi connectivity index (χ1v) is 8.22. The van der Waals surface area contributed by atoms with Crippen molar-refractivity contribution in [1.82, 2.24) is 14.8 Å². The number of pyridine rings is 1. The van der Waals surface area contributed by atoms with Crippen LogP contribution in [-0.2, 0) is 9.59 Å². The lowest BCUT2D eigenvalue weighted by molar-refractivity contribution is -0.137. The van der Waals surface area contributed by atoms with Crippen molar-refractivity contribution in [3.63, 3.8) is 0 Å². The van der Waals surface area contributed by atoms with Crippen LogP contribution in [0.3, 0.4) is 0 Å². The average Bonchev–Trinajstić information content (AvgIpc) is 2.89. The molecule has 124 valence electrons. The van der Waals surface area contributed by atoms with Gasteiger partial charge in [0.25, 0.3) is 0 Å². The third-order valence-corrected chi connectivity index (χ3v) is 4.73. The van der Waals surface area contributed by atoms with Crippen molar-refractivity contribution < 1.29 is 14.3 Å². The maximum atomic E-state index is 12.5. The predicted octanol–water partition coefficient (Wildman–Crippen LogP) is 1.58. The number of hydrogen-bond acceptors (Lipinski definition) is 4. The molecule has 0 bridgehead atoms. The Balaban J connectivity index is 1.51. The standard InChI is InChI=1S/C16H20ClN3O3/c1-19-10-11(9-14(19)21)16(22)20-7-4-12(5-8-20)23-15-13(17)3-2-6-18-15/h2-3,6,11-12H,4-5,7-10H2,1H3. The van der Waals surface area contributed by atoms with E-state index in [1.807, 2.05) is 4.90 Å². The summed E-state index contributed by atoms with van der Waals surface area (Å²) in [7, 11) is 1.74. The maximum Gasteiger partial charge on any atom is 0.232 e. The molecule has 1 atom stereocenters. The van der Waals surface area contributed by atoms with Crippen LogP contribution >= 0.6 is 11.6 Å². The first-order chi connectivity index (χ1) is 11.0. The van der Waals surface area contributed by atoms with E-state index in [4.69, 9.17) is 16.3 Å². The molecule has 1 unspecified atom stereocenters. The minimum absolute atomic E-state index is 0.0133. The zero-order valence-electron chi connectivity index (χ0n) is 13.1. The van der Waals surface area contributed by atoms with Gasteiger partial charge in [-0.2, -0.15) is 0 Å². The van der Waals surface area contributed by atoms with Crippen LogP contribution in [0, 0.1) is 5.92 Å². The zero-order valence-corrected chi connectivity index (χ0v) is 13.8. The summed E-state index contributed by atoms with van der Waals surface area (Å²) in [4.78, 5) is 31.7. The number of carbonyl (C=O) groups is 2. The van der Waals surface area contributed by atoms with Gasteiger partial charge in [-0.05, 0) is 12.1 Å². The lowest BCUT2D eigenvalue weighted by Crippen LogP contribution is -2.44. The van der Waals surface area contributed by atoms with Crippen LogP contribution in [0.5, 0.6) is 5.88 Å². The highest BCUT2D eigenvalue weighted by molar-refractivity contribution is 6.31. The summed E-state index contributed by atoms with van der Waals surface area (Å²) in [5.74, 6) is 0.376. The van der Waals surface area contributed by atoms with Gasteiger partial charge in [0.1, 0.15) is 11.1 Å². The van der Waals surface area contributed by atoms with E-state index >= 15 is 0 Å². The molecule has 0 aromatic carbocycles. The molecule has 0 saturated carbocycles. The molecule has 0 spiro atoms. The first-order valence-electron chi connectivity index (χ1n) is 7.84. The largest absolute Gasteiger partial charge is 0.473 e. The second-order valence-electron chi connectivity index (χ2n) is 6.11. The van der Waals surface area contributed by atoms with Gasteiger partial charge in [0.2, 0.25) is 17.7 Å². The summed E-state index contributed by atoms with van der Waals surface area (Å²) < 4.78 is 5.83. The number of halogens is 1. The number of nitrogens with zero attached hydrogens (tertiary/aromatic N) is 3. The molecule has 0 radical (unpaired) electrons. The molecular weight excluding hydrogens is 318 g/mol. The van der Waals surface area contributed by atoms with E-state index in [2.05, 4.69) is 4.98 Å². The summed E-state index contributed by atoms with van der Waals surface area (Å²) >= 11 is 6.05. The molecule has 0 aliphatic carbocycles. The molecule has 23 heavy (non-hydrogen) atoms. The Kier molecular flexibility index (Phi) is 4.71. The van der Waals surface area contributed by atoms with E-state index in [0.29, 0.717) is 37.0 Å². The Morgan fingerprint density at radius 2 is 2.13 bits per heavy atom. The van der Waals surface area contributed by atoms with Gasteiger partial charge in [-0.15, -0.1) is 0 Å². The summed E-state index contributed by atoms with van der Waals surface area (Å²) in [5.41, 5.74) is 0. The van der Waals surface area contributed by atoms with Crippen molar-refractivity contribution in [2.24, 2.45) is 5.92 Å². The van der Waals surface area contributed by atoms with Gasteiger partial charge < -0.3 is 14.5 Å². The molecule has 3 rings (SSSR count). The fourth-order valence-electron chi connectivity index (χ4n) is 3.10. The van der Waals surface area contributed by atoms with Crippen LogP contribution in [0.15, 0.2) is 18.3 Å². The number of amides is 2. The monoisotopic (exact) mass is 337 g/mol. The molecule has 1 aromatic heterocycles. The highest BCUT2D eigenvalue weighted by Crippen LogP contribution is 2.26. The molecule has 6 nitrogen and oxygen atoms in total. The van der Waals surface area contributed by atoms with Gasteiger partial charge in [-0.1, -0.05) is 11.6 Å². The van der Waals surface area contributed by atoms with Crippen molar-refractivity contribution in [1.29, 1.82) is 0 Å². The molecule has 1 aromatic rings. The second-order valence-corrected chi connectivity index (χ2v) is 6.52. The lowest BCUT2D eigenvalue weighted by Gasteiger charge is -2.33. The Morgan fingerprint density at radius 3 is 2.74 bits per heavy atom. The number of hydrogen-bond donors (Lipinski definition) is 0. The van der Waals surface area contributed by atoms with Crippen molar-refractivity contribution in [3.05, 3.63) is 23.4 Å². The quantitative estimate of drug-likeness (QED) is 0.840. The number of likely N-dealkylation sites (tertiary alicyclic amines) is 2. The van der Waals surface area contributed by atoms with Crippen LogP contribution in [0.2, 0.25) is 5.02 Å². The van der Waals surface area contributed by atoms with E-state index in [0.717, 1.165) is 12.8 Å². The van der Waals surface area contributed by atoms with Crippen LogP contribution in [0.1, 0.15) is 19.3 Å². The summed E-state index contributed by atoms with van der Waals surface area (Å²) in [6.07, 6.45) is 3.48. The molecule has 2 aliphatic rings. The second kappa shape index (κ2) is 6.74. The molecule has 2 aliphatic heterocycles. The van der Waals surface area contributed by atoms with Crippen molar-refractivity contribution >= 4 is 23.4 Å². The van der Waals surface area contributed by atoms with Gasteiger partial charge in [0.15, 0.2) is 0 Å². The molecular formula is C16H20ClN3O3. The third-order valence-electron chi connectivity index (χ3n) is 4.45. The van der Waals surface area contributed by atoms with Crippen molar-refractivity contribution in [2.75, 3.05) is 26.7 Å². The third kappa shape index (κ3) is 3.58. The van der Waals surface area contributed by atoms with Crippen LogP contribution in [-0.4, -0.2) is 59.4 Å². The topological polar surface area (TPSA) is 62.7 Å². The van der Waals surface area contributed by atoms with Gasteiger partial charge >= 0.3 is 0 Å². The fourth-order valence-corrected chi connectivity index (χ4v) is 3.26. The minimum Gasteiger partial charge on any atom is -0.473 e.